The van der Waals surface area contributed by atoms with Crippen LogP contribution in [0.1, 0.15) is 11.1 Å². The topological polar surface area (TPSA) is 75.7 Å². The van der Waals surface area contributed by atoms with Crippen LogP contribution in [0.3, 0.4) is 0 Å². The molecular formula is C25H16BrCl2FN2O4S. The predicted octanol–water partition coefficient (Wildman–Crippen LogP) is 7.15. The highest BCUT2D eigenvalue weighted by Crippen LogP contribution is 2.35. The summed E-state index contributed by atoms with van der Waals surface area (Å²) in [5, 5.41) is 2.72. The molecule has 1 aliphatic rings. The number of para-hydroxylation sites is 1. The van der Waals surface area contributed by atoms with Crippen molar-refractivity contribution in [2.45, 2.75) is 6.61 Å². The summed E-state index contributed by atoms with van der Waals surface area (Å²) in [5.41, 5.74) is 1.22. The minimum absolute atomic E-state index is 0.0401. The third-order valence-electron chi connectivity index (χ3n) is 4.98. The minimum Gasteiger partial charge on any atom is -0.488 e. The number of nitrogens with zero attached hydrogens (tertiary/aromatic N) is 1. The van der Waals surface area contributed by atoms with Gasteiger partial charge in [0.05, 0.1) is 10.6 Å². The number of carbonyl (C=O) groups excluding carboxylic acids is 3. The molecule has 0 saturated carbocycles. The summed E-state index contributed by atoms with van der Waals surface area (Å²) >= 11 is 16.3. The SMILES string of the molecule is O=C(CN1C(=O)S/C(=C\c2cc(Br)ccc2OCc2ccc(Cl)cc2Cl)C1=O)Nc1ccccc1F. The fourth-order valence-electron chi connectivity index (χ4n) is 3.23. The van der Waals surface area contributed by atoms with Gasteiger partial charge in [-0.15, -0.1) is 0 Å². The summed E-state index contributed by atoms with van der Waals surface area (Å²) in [6, 6.07) is 15.9. The Morgan fingerprint density at radius 1 is 1.11 bits per heavy atom. The van der Waals surface area contributed by atoms with Crippen LogP contribution in [0.4, 0.5) is 14.9 Å². The van der Waals surface area contributed by atoms with Crippen LogP contribution in [-0.2, 0) is 16.2 Å². The first-order valence-electron chi connectivity index (χ1n) is 10.4. The number of hydrogen-bond donors (Lipinski definition) is 1. The number of carbonyl (C=O) groups is 3. The van der Waals surface area contributed by atoms with E-state index in [1.165, 1.54) is 24.3 Å². The van der Waals surface area contributed by atoms with Crippen molar-refractivity contribution in [3.8, 4) is 5.75 Å². The Bertz CT molecular complexity index is 1400. The van der Waals surface area contributed by atoms with Gasteiger partial charge in [0.15, 0.2) is 0 Å². The van der Waals surface area contributed by atoms with Gasteiger partial charge < -0.3 is 10.1 Å². The van der Waals surface area contributed by atoms with Crippen molar-refractivity contribution in [3.63, 3.8) is 0 Å². The van der Waals surface area contributed by atoms with Crippen molar-refractivity contribution < 1.29 is 23.5 Å². The fraction of sp³-hybridized carbons (Fsp3) is 0.0800. The molecule has 1 aliphatic heterocycles. The first-order chi connectivity index (χ1) is 17.2. The number of hydrogen-bond acceptors (Lipinski definition) is 5. The Morgan fingerprint density at radius 3 is 2.64 bits per heavy atom. The van der Waals surface area contributed by atoms with Crippen molar-refractivity contribution >= 4 is 79.7 Å². The molecule has 0 atom stereocenters. The molecule has 1 heterocycles. The van der Waals surface area contributed by atoms with E-state index in [2.05, 4.69) is 21.2 Å². The molecule has 1 N–H and O–H groups in total. The maximum absolute atomic E-state index is 13.8. The lowest BCUT2D eigenvalue weighted by molar-refractivity contribution is -0.127. The summed E-state index contributed by atoms with van der Waals surface area (Å²) in [6.45, 7) is -0.399. The van der Waals surface area contributed by atoms with E-state index in [4.69, 9.17) is 27.9 Å². The highest BCUT2D eigenvalue weighted by Gasteiger charge is 2.36. The maximum atomic E-state index is 13.8. The van der Waals surface area contributed by atoms with Crippen molar-refractivity contribution in [3.05, 3.63) is 97.0 Å². The summed E-state index contributed by atoms with van der Waals surface area (Å²) in [6.07, 6.45) is 1.52. The number of amides is 3. The molecule has 3 amide bonds. The minimum atomic E-state index is -0.699. The van der Waals surface area contributed by atoms with E-state index in [1.807, 2.05) is 0 Å². The molecule has 0 unspecified atom stereocenters. The van der Waals surface area contributed by atoms with Gasteiger partial charge in [0.25, 0.3) is 11.1 Å². The van der Waals surface area contributed by atoms with Gasteiger partial charge in [0.1, 0.15) is 24.7 Å². The van der Waals surface area contributed by atoms with E-state index in [0.717, 1.165) is 14.9 Å². The Kier molecular flexibility index (Phi) is 8.35. The van der Waals surface area contributed by atoms with Crippen molar-refractivity contribution in [1.82, 2.24) is 4.90 Å². The average molecular weight is 610 g/mol. The van der Waals surface area contributed by atoms with Crippen molar-refractivity contribution in [2.75, 3.05) is 11.9 Å². The number of anilines is 1. The number of halogens is 4. The molecule has 3 aromatic carbocycles. The van der Waals surface area contributed by atoms with E-state index in [-0.39, 0.29) is 17.2 Å². The number of ether oxygens (including phenoxy) is 1. The van der Waals surface area contributed by atoms with Crippen LogP contribution in [0.25, 0.3) is 6.08 Å². The van der Waals surface area contributed by atoms with Crippen molar-refractivity contribution in [1.29, 1.82) is 0 Å². The van der Waals surface area contributed by atoms with Gasteiger partial charge in [-0.25, -0.2) is 4.39 Å². The van der Waals surface area contributed by atoms with Gasteiger partial charge in [-0.1, -0.05) is 57.3 Å². The summed E-state index contributed by atoms with van der Waals surface area (Å²) in [5.74, 6) is -1.51. The molecule has 1 fully saturated rings. The van der Waals surface area contributed by atoms with Crippen LogP contribution in [0, 0.1) is 5.82 Å². The zero-order chi connectivity index (χ0) is 25.8. The van der Waals surface area contributed by atoms with E-state index < -0.39 is 29.4 Å². The fourth-order valence-corrected chi connectivity index (χ4v) is 4.90. The summed E-state index contributed by atoms with van der Waals surface area (Å²) in [7, 11) is 0. The van der Waals surface area contributed by atoms with Crippen LogP contribution in [0.2, 0.25) is 10.0 Å². The molecule has 0 bridgehead atoms. The number of rotatable bonds is 7. The molecule has 0 spiro atoms. The van der Waals surface area contributed by atoms with Gasteiger partial charge in [-0.3, -0.25) is 19.3 Å². The van der Waals surface area contributed by atoms with Gasteiger partial charge in [0.2, 0.25) is 5.91 Å². The largest absolute Gasteiger partial charge is 0.488 e. The van der Waals surface area contributed by atoms with Gasteiger partial charge >= 0.3 is 0 Å². The Hall–Kier alpha value is -2.85. The average Bonchev–Trinajstić information content (AvgIpc) is 3.08. The van der Waals surface area contributed by atoms with Crippen LogP contribution < -0.4 is 10.1 Å². The molecular weight excluding hydrogens is 594 g/mol. The summed E-state index contributed by atoms with van der Waals surface area (Å²) < 4.78 is 20.5. The van der Waals surface area contributed by atoms with E-state index in [0.29, 0.717) is 33.1 Å². The second-order valence-corrected chi connectivity index (χ2v) is 10.3. The molecule has 0 aliphatic carbocycles. The standard InChI is InChI=1S/C25H16BrCl2FN2O4S/c26-16-6-8-21(35-13-14-5-7-17(27)11-18(14)28)15(9-16)10-22-24(33)31(25(34)36-22)12-23(32)30-20-4-2-1-3-19(20)29/h1-11H,12-13H2,(H,30,32)/b22-10-. The van der Waals surface area contributed by atoms with E-state index in [9.17, 15) is 18.8 Å². The number of imide groups is 1. The van der Waals surface area contributed by atoms with Crippen molar-refractivity contribution in [2.24, 2.45) is 0 Å². The number of nitrogens with one attached hydrogen (secondary N) is 1. The molecule has 1 saturated heterocycles. The van der Waals surface area contributed by atoms with Crippen LogP contribution in [0.5, 0.6) is 5.75 Å². The highest BCUT2D eigenvalue weighted by molar-refractivity contribution is 9.10. The monoisotopic (exact) mass is 608 g/mol. The molecule has 184 valence electrons. The molecule has 6 nitrogen and oxygen atoms in total. The number of thioether (sulfide) groups is 1. The second kappa shape index (κ2) is 11.5. The second-order valence-electron chi connectivity index (χ2n) is 7.50. The lowest BCUT2D eigenvalue weighted by atomic mass is 10.1. The molecule has 3 aromatic rings. The Morgan fingerprint density at radius 2 is 1.89 bits per heavy atom. The third kappa shape index (κ3) is 6.28. The normalized spacial score (nSPS) is 14.4. The van der Waals surface area contributed by atoms with Gasteiger partial charge in [0, 0.05) is 25.6 Å². The highest BCUT2D eigenvalue weighted by atomic mass is 79.9. The number of benzene rings is 3. The first-order valence-corrected chi connectivity index (χ1v) is 12.7. The van der Waals surface area contributed by atoms with Gasteiger partial charge in [-0.2, -0.15) is 0 Å². The van der Waals surface area contributed by atoms with Gasteiger partial charge in [-0.05, 0) is 60.3 Å². The lowest BCUT2D eigenvalue weighted by Crippen LogP contribution is -2.36. The predicted molar refractivity (Wildman–Crippen MR) is 143 cm³/mol. The molecule has 36 heavy (non-hydrogen) atoms. The lowest BCUT2D eigenvalue weighted by Gasteiger charge is -2.13. The van der Waals surface area contributed by atoms with E-state index in [1.54, 1.807) is 42.5 Å². The first kappa shape index (κ1) is 26.2. The van der Waals surface area contributed by atoms with Crippen LogP contribution >= 0.6 is 50.9 Å². The molecule has 0 radical (unpaired) electrons. The van der Waals surface area contributed by atoms with Crippen LogP contribution in [0.15, 0.2) is 70.0 Å². The quantitative estimate of drug-likeness (QED) is 0.288. The zero-order valence-electron chi connectivity index (χ0n) is 18.3. The Balaban J connectivity index is 1.50. The molecule has 4 rings (SSSR count). The summed E-state index contributed by atoms with van der Waals surface area (Å²) in [4.78, 5) is 38.6. The zero-order valence-corrected chi connectivity index (χ0v) is 22.2. The Labute approximate surface area is 228 Å². The van der Waals surface area contributed by atoms with E-state index >= 15 is 0 Å². The molecule has 11 heteroatoms. The molecule has 0 aromatic heterocycles. The van der Waals surface area contributed by atoms with Crippen LogP contribution in [-0.4, -0.2) is 28.5 Å². The maximum Gasteiger partial charge on any atom is 0.294 e. The third-order valence-corrected chi connectivity index (χ3v) is 6.97. The smallest absolute Gasteiger partial charge is 0.294 e.